The van der Waals surface area contributed by atoms with Crippen LogP contribution in [-0.2, 0) is 0 Å². The Balaban J connectivity index is 1.33. The monoisotopic (exact) mass is 410 g/mol. The molecule has 1 aliphatic heterocycles. The number of carbonyl (C=O) groups is 2. The zero-order valence-electron chi connectivity index (χ0n) is 15.5. The number of hydrogen-bond acceptors (Lipinski definition) is 5. The van der Waals surface area contributed by atoms with Gasteiger partial charge in [0.25, 0.3) is 11.8 Å². The minimum atomic E-state index is -0.384. The Labute approximate surface area is 171 Å². The summed E-state index contributed by atoms with van der Waals surface area (Å²) in [5.74, 6) is 0.171. The molecule has 1 N–H and O–H groups in total. The highest BCUT2D eigenvalue weighted by Gasteiger charge is 2.23. The number of halogens is 1. The molecule has 3 heterocycles. The molecule has 0 aliphatic carbocycles. The van der Waals surface area contributed by atoms with E-state index in [1.54, 1.807) is 12.3 Å². The molecule has 1 fully saturated rings. The summed E-state index contributed by atoms with van der Waals surface area (Å²) in [5, 5.41) is 4.66. The van der Waals surface area contributed by atoms with Crippen molar-refractivity contribution in [2.24, 2.45) is 0 Å². The maximum absolute atomic E-state index is 13.0. The van der Waals surface area contributed by atoms with Crippen molar-refractivity contribution in [1.82, 2.24) is 9.88 Å². The van der Waals surface area contributed by atoms with Gasteiger partial charge in [0.05, 0.1) is 16.8 Å². The van der Waals surface area contributed by atoms with Gasteiger partial charge in [0.2, 0.25) is 0 Å². The Hall–Kier alpha value is -3.26. The number of amides is 2. The Morgan fingerprint density at radius 1 is 1.00 bits per heavy atom. The van der Waals surface area contributed by atoms with E-state index in [9.17, 15) is 14.0 Å². The van der Waals surface area contributed by atoms with Gasteiger partial charge >= 0.3 is 0 Å². The third kappa shape index (κ3) is 4.43. The molecule has 0 saturated carbocycles. The standard InChI is InChI=1S/C21H19FN4O2S/c22-16-5-3-15(4-6-16)20(27)24-17-7-8-19(23-14-17)25-9-11-26(12-10-25)21(28)18-2-1-13-29-18/h1-8,13-14H,9-12H2,(H,24,27). The van der Waals surface area contributed by atoms with Gasteiger partial charge in [-0.15, -0.1) is 11.3 Å². The minimum Gasteiger partial charge on any atom is -0.353 e. The first-order valence-corrected chi connectivity index (χ1v) is 10.1. The summed E-state index contributed by atoms with van der Waals surface area (Å²) in [7, 11) is 0. The average Bonchev–Trinajstić information content (AvgIpc) is 3.29. The number of anilines is 2. The van der Waals surface area contributed by atoms with E-state index in [4.69, 9.17) is 0 Å². The molecule has 3 aromatic rings. The molecule has 4 rings (SSSR count). The second-order valence-electron chi connectivity index (χ2n) is 6.62. The van der Waals surface area contributed by atoms with E-state index in [0.29, 0.717) is 37.4 Å². The zero-order chi connectivity index (χ0) is 20.2. The highest BCUT2D eigenvalue weighted by Crippen LogP contribution is 2.19. The Morgan fingerprint density at radius 3 is 2.38 bits per heavy atom. The van der Waals surface area contributed by atoms with Crippen molar-refractivity contribution < 1.29 is 14.0 Å². The Morgan fingerprint density at radius 2 is 1.76 bits per heavy atom. The molecule has 1 aromatic carbocycles. The number of pyridine rings is 1. The predicted octanol–water partition coefficient (Wildman–Crippen LogP) is 3.50. The zero-order valence-corrected chi connectivity index (χ0v) is 16.4. The van der Waals surface area contributed by atoms with Crippen LogP contribution in [0.25, 0.3) is 0 Å². The van der Waals surface area contributed by atoms with Crippen molar-refractivity contribution in [3.05, 3.63) is 76.4 Å². The molecular formula is C21H19FN4O2S. The predicted molar refractivity (Wildman–Crippen MR) is 111 cm³/mol. The van der Waals surface area contributed by atoms with Crippen molar-refractivity contribution in [1.29, 1.82) is 0 Å². The summed E-state index contributed by atoms with van der Waals surface area (Å²) in [5.41, 5.74) is 0.941. The van der Waals surface area contributed by atoms with Crippen molar-refractivity contribution in [2.75, 3.05) is 36.4 Å². The molecule has 29 heavy (non-hydrogen) atoms. The number of nitrogens with zero attached hydrogens (tertiary/aromatic N) is 3. The second kappa shape index (κ2) is 8.40. The minimum absolute atomic E-state index is 0.0754. The molecule has 1 aliphatic rings. The second-order valence-corrected chi connectivity index (χ2v) is 7.57. The Bertz CT molecular complexity index is 983. The van der Waals surface area contributed by atoms with Crippen LogP contribution in [-0.4, -0.2) is 47.9 Å². The van der Waals surface area contributed by atoms with Gasteiger partial charge in [-0.25, -0.2) is 9.37 Å². The molecule has 2 amide bonds. The van der Waals surface area contributed by atoms with Crippen LogP contribution in [0.3, 0.4) is 0 Å². The number of hydrogen-bond donors (Lipinski definition) is 1. The molecule has 0 bridgehead atoms. The fourth-order valence-corrected chi connectivity index (χ4v) is 3.84. The molecular weight excluding hydrogens is 391 g/mol. The van der Waals surface area contributed by atoms with E-state index >= 15 is 0 Å². The van der Waals surface area contributed by atoms with Gasteiger partial charge in [0.15, 0.2) is 0 Å². The van der Waals surface area contributed by atoms with Gasteiger partial charge in [-0.2, -0.15) is 0 Å². The van der Waals surface area contributed by atoms with Gasteiger partial charge in [0, 0.05) is 31.7 Å². The number of thiophene rings is 1. The number of aromatic nitrogens is 1. The van der Waals surface area contributed by atoms with Crippen LogP contribution < -0.4 is 10.2 Å². The lowest BCUT2D eigenvalue weighted by molar-refractivity contribution is 0.0751. The quantitative estimate of drug-likeness (QED) is 0.715. The SMILES string of the molecule is O=C(Nc1ccc(N2CCN(C(=O)c3cccs3)CC2)nc1)c1ccc(F)cc1. The third-order valence-corrected chi connectivity index (χ3v) is 5.59. The molecule has 148 valence electrons. The van der Waals surface area contributed by atoms with E-state index < -0.39 is 0 Å². The van der Waals surface area contributed by atoms with Crippen LogP contribution in [0.1, 0.15) is 20.0 Å². The lowest BCUT2D eigenvalue weighted by atomic mass is 10.2. The van der Waals surface area contributed by atoms with Crippen molar-refractivity contribution >= 4 is 34.7 Å². The van der Waals surface area contributed by atoms with Crippen LogP contribution >= 0.6 is 11.3 Å². The number of carbonyl (C=O) groups excluding carboxylic acids is 2. The average molecular weight is 410 g/mol. The molecule has 1 saturated heterocycles. The summed E-state index contributed by atoms with van der Waals surface area (Å²) >= 11 is 1.46. The first-order chi connectivity index (χ1) is 14.1. The maximum Gasteiger partial charge on any atom is 0.264 e. The summed E-state index contributed by atoms with van der Waals surface area (Å²) < 4.78 is 13.0. The van der Waals surface area contributed by atoms with Crippen molar-refractivity contribution in [3.63, 3.8) is 0 Å². The third-order valence-electron chi connectivity index (χ3n) is 4.73. The highest BCUT2D eigenvalue weighted by molar-refractivity contribution is 7.12. The molecule has 0 spiro atoms. The van der Waals surface area contributed by atoms with Crippen LogP contribution in [0.4, 0.5) is 15.9 Å². The molecule has 2 aromatic heterocycles. The Kier molecular flexibility index (Phi) is 5.53. The maximum atomic E-state index is 13.0. The van der Waals surface area contributed by atoms with Crippen molar-refractivity contribution in [2.45, 2.75) is 0 Å². The molecule has 0 radical (unpaired) electrons. The number of piperazine rings is 1. The van der Waals surface area contributed by atoms with E-state index in [1.807, 2.05) is 28.5 Å². The highest BCUT2D eigenvalue weighted by atomic mass is 32.1. The fourth-order valence-electron chi connectivity index (χ4n) is 3.15. The first-order valence-electron chi connectivity index (χ1n) is 9.21. The smallest absolute Gasteiger partial charge is 0.264 e. The lowest BCUT2D eigenvalue weighted by Crippen LogP contribution is -2.48. The fraction of sp³-hybridized carbons (Fsp3) is 0.190. The van der Waals surface area contributed by atoms with Crippen LogP contribution in [0, 0.1) is 5.82 Å². The van der Waals surface area contributed by atoms with Gasteiger partial charge in [-0.1, -0.05) is 6.07 Å². The number of rotatable bonds is 4. The van der Waals surface area contributed by atoms with Crippen LogP contribution in [0.2, 0.25) is 0 Å². The van der Waals surface area contributed by atoms with Crippen molar-refractivity contribution in [3.8, 4) is 0 Å². The number of benzene rings is 1. The summed E-state index contributed by atoms with van der Waals surface area (Å²) in [6, 6.07) is 12.7. The van der Waals surface area contributed by atoms with Gasteiger partial charge in [0.1, 0.15) is 11.6 Å². The van der Waals surface area contributed by atoms with E-state index in [2.05, 4.69) is 15.2 Å². The van der Waals surface area contributed by atoms with E-state index in [-0.39, 0.29) is 17.6 Å². The van der Waals surface area contributed by atoms with E-state index in [1.165, 1.54) is 35.6 Å². The molecule has 8 heteroatoms. The van der Waals surface area contributed by atoms with Gasteiger partial charge in [-0.05, 0) is 47.8 Å². The summed E-state index contributed by atoms with van der Waals surface area (Å²) in [6.07, 6.45) is 1.60. The van der Waals surface area contributed by atoms with Crippen LogP contribution in [0.15, 0.2) is 60.1 Å². The van der Waals surface area contributed by atoms with Gasteiger partial charge in [-0.3, -0.25) is 9.59 Å². The first kappa shape index (κ1) is 19.1. The summed E-state index contributed by atoms with van der Waals surface area (Å²) in [6.45, 7) is 2.68. The number of nitrogens with one attached hydrogen (secondary N) is 1. The largest absolute Gasteiger partial charge is 0.353 e. The van der Waals surface area contributed by atoms with Crippen LogP contribution in [0.5, 0.6) is 0 Å². The lowest BCUT2D eigenvalue weighted by Gasteiger charge is -2.35. The van der Waals surface area contributed by atoms with Gasteiger partial charge < -0.3 is 15.1 Å². The molecule has 0 unspecified atom stereocenters. The normalized spacial score (nSPS) is 14.0. The van der Waals surface area contributed by atoms with E-state index in [0.717, 1.165) is 10.7 Å². The molecule has 0 atom stereocenters. The topological polar surface area (TPSA) is 65.5 Å². The summed E-state index contributed by atoms with van der Waals surface area (Å²) in [4.78, 5) is 33.8. The molecule has 6 nitrogen and oxygen atoms in total.